The third-order valence-electron chi connectivity index (χ3n) is 23.4. The quantitative estimate of drug-likeness (QED) is 0.130. The zero-order chi connectivity index (χ0) is 79.1. The number of nitrogens with zero attached hydrogens (tertiary/aromatic N) is 7. The van der Waals surface area contributed by atoms with E-state index in [0.717, 1.165) is 125 Å². The van der Waals surface area contributed by atoms with E-state index in [9.17, 15) is 63.5 Å². The second-order valence-corrected chi connectivity index (χ2v) is 33.3. The molecule has 5 amide bonds. The number of halogens is 11. The lowest BCUT2D eigenvalue weighted by Crippen LogP contribution is -2.60. The number of nitrogens with one attached hydrogen (secondary N) is 2. The third kappa shape index (κ3) is 25.6. The van der Waals surface area contributed by atoms with Gasteiger partial charge < -0.3 is 45.4 Å². The Labute approximate surface area is 657 Å². The Morgan fingerprint density at radius 3 is 0.954 bits per heavy atom. The number of piperidine rings is 10. The Morgan fingerprint density at radius 2 is 0.676 bits per heavy atom. The fourth-order valence-electron chi connectivity index (χ4n) is 18.6. The van der Waals surface area contributed by atoms with Gasteiger partial charge in [0.2, 0.25) is 0 Å². The molecular weight excluding hydrogens is 1640 g/mol. The Morgan fingerprint density at radius 1 is 0.417 bits per heavy atom. The first kappa shape index (κ1) is 88.8. The number of amides is 5. The molecule has 28 heteroatoms. The van der Waals surface area contributed by atoms with Gasteiger partial charge in [0.15, 0.2) is 0 Å². The monoisotopic (exact) mass is 1750 g/mol. The van der Waals surface area contributed by atoms with E-state index in [1.807, 2.05) is 69.1 Å². The van der Waals surface area contributed by atoms with Crippen LogP contribution in [0, 0.1) is 0 Å². The number of alkyl halides is 9. The van der Waals surface area contributed by atoms with Crippen LogP contribution in [0.3, 0.4) is 0 Å². The largest absolute Gasteiger partial charge is 0.471 e. The van der Waals surface area contributed by atoms with Crippen molar-refractivity contribution in [3.63, 3.8) is 0 Å². The number of nitrogens with two attached hydrogens (primary N) is 1. The van der Waals surface area contributed by atoms with E-state index in [4.69, 9.17) is 15.2 Å². The minimum Gasteiger partial charge on any atom is -0.444 e. The lowest BCUT2D eigenvalue weighted by Gasteiger charge is -2.50. The molecule has 10 saturated heterocycles. The fraction of sp³-hybridized carbons (Fsp3) is 0.713. The lowest BCUT2D eigenvalue weighted by molar-refractivity contribution is -0.188. The first-order valence-electron chi connectivity index (χ1n) is 39.0. The van der Waals surface area contributed by atoms with Crippen molar-refractivity contribution in [2.45, 2.75) is 342 Å². The van der Waals surface area contributed by atoms with Gasteiger partial charge in [-0.1, -0.05) is 110 Å². The molecule has 10 fully saturated rings. The minimum atomic E-state index is -4.87. The first-order valence-corrected chi connectivity index (χ1v) is 45.3. The second-order valence-electron chi connectivity index (χ2n) is 33.3. The molecule has 0 aromatic heterocycles. The Bertz CT molecular complexity index is 3230. The van der Waals surface area contributed by atoms with Crippen molar-refractivity contribution in [1.82, 2.24) is 44.9 Å². The summed E-state index contributed by atoms with van der Waals surface area (Å²) in [6.07, 6.45) is 8.83. The van der Waals surface area contributed by atoms with Gasteiger partial charge in [-0.25, -0.2) is 9.59 Å². The lowest BCUT2D eigenvalue weighted by atomic mass is 9.81. The summed E-state index contributed by atoms with van der Waals surface area (Å²) in [7, 11) is 4.51. The number of hydrogen-bond acceptors (Lipinski definition) is 12. The minimum absolute atomic E-state index is 0.119. The molecule has 15 atom stereocenters. The van der Waals surface area contributed by atoms with E-state index in [1.54, 1.807) is 25.7 Å². The molecule has 3 aromatic rings. The summed E-state index contributed by atoms with van der Waals surface area (Å²) in [6, 6.07) is 33.8. The number of ether oxygens (including phenoxy) is 2. The summed E-state index contributed by atoms with van der Waals surface area (Å²) >= 11 is 4.24. The molecule has 10 aliphatic rings. The molecule has 10 heterocycles. The van der Waals surface area contributed by atoms with Crippen LogP contribution >= 0.6 is 37.2 Å². The predicted octanol–water partition coefficient (Wildman–Crippen LogP) is 17.0. The molecule has 10 bridgehead atoms. The van der Waals surface area contributed by atoms with Gasteiger partial charge in [-0.2, -0.15) is 39.5 Å². The molecule has 108 heavy (non-hydrogen) atoms. The van der Waals surface area contributed by atoms with E-state index in [-0.39, 0.29) is 54.4 Å². The summed E-state index contributed by atoms with van der Waals surface area (Å²) in [5.74, 6) is -5.35. The fourth-order valence-corrected chi connectivity index (χ4v) is 18.6. The summed E-state index contributed by atoms with van der Waals surface area (Å²) in [5.41, 5.74) is 9.03. The topological polar surface area (TPSA) is 177 Å². The Kier molecular flexibility index (Phi) is 32.7. The zero-order valence-electron chi connectivity index (χ0n) is 64.3. The highest BCUT2D eigenvalue weighted by Gasteiger charge is 2.51. The summed E-state index contributed by atoms with van der Waals surface area (Å²) in [5, 5.41) is 5.54. The van der Waals surface area contributed by atoms with Gasteiger partial charge in [0, 0.05) is 162 Å². The molecule has 5 unspecified atom stereocenters. The van der Waals surface area contributed by atoms with Crippen molar-refractivity contribution in [1.29, 1.82) is 0 Å². The maximum absolute atomic E-state index is 12.7. The number of rotatable bonds is 10. The average molecular weight is 1760 g/mol. The Balaban J connectivity index is 0.000000170. The maximum Gasteiger partial charge on any atom is 0.471 e. The summed E-state index contributed by atoms with van der Waals surface area (Å²) in [6.45, 7) is 13.9. The van der Waals surface area contributed by atoms with E-state index < -0.39 is 59.6 Å². The molecule has 0 radical (unpaired) electrons. The van der Waals surface area contributed by atoms with E-state index in [1.165, 1.54) is 69.3 Å². The van der Waals surface area contributed by atoms with Crippen molar-refractivity contribution < 1.29 is 73.0 Å². The van der Waals surface area contributed by atoms with E-state index in [2.05, 4.69) is 117 Å². The van der Waals surface area contributed by atoms with Gasteiger partial charge in [0.05, 0.1) is 0 Å². The highest BCUT2D eigenvalue weighted by molar-refractivity contribution is 15.0. The number of fused-ring (bicyclic) bond motifs is 10. The van der Waals surface area contributed by atoms with Crippen LogP contribution in [0.15, 0.2) is 91.0 Å². The molecule has 0 saturated carbocycles. The van der Waals surface area contributed by atoms with Gasteiger partial charge in [-0.15, -0.1) is 0 Å². The summed E-state index contributed by atoms with van der Waals surface area (Å²) < 4.78 is 124. The van der Waals surface area contributed by atoms with Gasteiger partial charge in [0.1, 0.15) is 11.2 Å². The normalized spacial score (nSPS) is 29.1. The summed E-state index contributed by atoms with van der Waals surface area (Å²) in [4.78, 5) is 71.9. The second kappa shape index (κ2) is 39.8. The molecule has 10 aliphatic heterocycles. The van der Waals surface area contributed by atoms with Gasteiger partial charge in [-0.05, 0) is 207 Å². The van der Waals surface area contributed by atoms with Gasteiger partial charge >= 0.3 is 48.4 Å². The van der Waals surface area contributed by atoms with Crippen LogP contribution in [0.2, 0.25) is 0 Å². The van der Waals surface area contributed by atoms with Crippen molar-refractivity contribution in [3.05, 3.63) is 108 Å². The van der Waals surface area contributed by atoms with Crippen LogP contribution in [0.1, 0.15) is 219 Å². The van der Waals surface area contributed by atoms with E-state index in [0.29, 0.717) is 62.7 Å². The van der Waals surface area contributed by atoms with Gasteiger partial charge in [-0.3, -0.25) is 29.1 Å². The number of carbonyl (C=O) groups is 5. The Hall–Kier alpha value is -4.76. The average Bonchev–Trinajstić information content (AvgIpc) is 0.807. The SMILES string of the molecule is CN(C(=O)C(F)(F)F)C1C[C@H]2CCC[C@@H](C1)N2C(=O)OC(C)(C)C.CN(C(=O)C(F)(F)F)C1C[C@H]2CCC[C@@H](C1)N2Cc1ccccc1.CNC1C[C@H]2CCC[C@@H](C1)N2C(=O)OC(C)(C)C.II.NC1C[C@H]2CCC[C@@H](C1)N2Cc1ccccc1.O=C(NC1C[C@H]2CCC[C@@H](C1)N2Cc1ccccc1)C(F)(F)F. The molecule has 4 N–H and O–H groups in total. The predicted molar refractivity (Wildman–Crippen MR) is 417 cm³/mol. The van der Waals surface area contributed by atoms with Crippen molar-refractivity contribution in [2.75, 3.05) is 21.1 Å². The van der Waals surface area contributed by atoms with Crippen LogP contribution < -0.4 is 16.4 Å². The standard InChI is InChI=1S/C18H23F3N2O.C17H21F3N2O.C16H25F3N2O3.C15H22N2.C14H26N2O2.I2/c1-22(17(24)18(19,20)21)16-10-14-8-5-9-15(11-16)23(14)12-13-6-3-2-4-7-13;18-17(19,20)16(23)21-13-9-14-7-4-8-15(10-13)22(14)11-12-5-2-1-3-6-12;1-15(2,3)24-14(23)21-10-6-5-7-11(21)9-12(8-10)20(4)13(22)16(17,18)19;16-13-9-14-7-4-8-15(10-13)17(14)11-12-5-2-1-3-6-12;1-14(2,3)18-13(17)16-11-6-5-7-12(16)9-10(8-11)15-4;1-2/h2-4,6-7,14-16H,5,8-12H2,1H3;1-3,5-6,13-15H,4,7-11H2,(H,21,23);10-12H,5-9H2,1-4H3;1-3,5-6,13-15H,4,7-11,16H2;10-12,15H,5-9H2,1-4H3;/t14-,15+,16?;13?,14-,15+;10-,11+,12?;13?,14-,15+;10?,11-,12+;. The highest BCUT2D eigenvalue weighted by Crippen LogP contribution is 2.42. The molecule has 17 nitrogen and oxygen atoms in total. The molecule has 606 valence electrons. The third-order valence-corrected chi connectivity index (χ3v) is 23.4. The zero-order valence-corrected chi connectivity index (χ0v) is 68.7. The van der Waals surface area contributed by atoms with Gasteiger partial charge in [0.25, 0.3) is 0 Å². The molecule has 13 rings (SSSR count). The van der Waals surface area contributed by atoms with Crippen molar-refractivity contribution >= 4 is 67.1 Å². The number of carbonyl (C=O) groups excluding carboxylic acids is 5. The highest BCUT2D eigenvalue weighted by atomic mass is 128. The molecular formula is C80H117F9I2N10O7. The molecule has 0 spiro atoms. The first-order chi connectivity index (χ1) is 50.9. The van der Waals surface area contributed by atoms with Crippen molar-refractivity contribution in [2.24, 2.45) is 5.73 Å². The number of benzene rings is 3. The maximum atomic E-state index is 12.7. The van der Waals surface area contributed by atoms with Crippen molar-refractivity contribution in [3.8, 4) is 0 Å². The molecule has 0 aliphatic carbocycles. The number of hydrogen-bond donors (Lipinski definition) is 3. The van der Waals surface area contributed by atoms with Crippen LogP contribution in [-0.2, 0) is 43.5 Å². The van der Waals surface area contributed by atoms with Crippen LogP contribution in [0.5, 0.6) is 0 Å². The van der Waals surface area contributed by atoms with Crippen LogP contribution in [-0.4, -0.2) is 206 Å². The van der Waals surface area contributed by atoms with Crippen LogP contribution in [0.25, 0.3) is 0 Å². The van der Waals surface area contributed by atoms with E-state index >= 15 is 0 Å². The molecule has 3 aromatic carbocycles. The van der Waals surface area contributed by atoms with Crippen LogP contribution in [0.4, 0.5) is 49.1 Å². The smallest absolute Gasteiger partial charge is 0.444 e.